The molecule has 278 valence electrons. The van der Waals surface area contributed by atoms with Crippen molar-refractivity contribution in [2.45, 2.75) is 12.5 Å². The molecule has 0 saturated carbocycles. The molecule has 0 radical (unpaired) electrons. The number of rotatable bonds is 8. The second-order valence-electron chi connectivity index (χ2n) is 11.6. The average Bonchev–Trinajstić information content (AvgIpc) is 3.72. The topological polar surface area (TPSA) is 122 Å². The molecule has 2 amide bonds. The van der Waals surface area contributed by atoms with Crippen molar-refractivity contribution in [3.63, 3.8) is 0 Å². The van der Waals surface area contributed by atoms with E-state index in [4.69, 9.17) is 0 Å². The summed E-state index contributed by atoms with van der Waals surface area (Å²) < 4.78 is 2.21. The van der Waals surface area contributed by atoms with Gasteiger partial charge in [0.05, 0.1) is 36.2 Å². The summed E-state index contributed by atoms with van der Waals surface area (Å²) in [5.74, 6) is 0.958. The number of anilines is 2. The van der Waals surface area contributed by atoms with Gasteiger partial charge in [0.2, 0.25) is 0 Å². The van der Waals surface area contributed by atoms with Crippen molar-refractivity contribution in [2.75, 3.05) is 23.9 Å². The third kappa shape index (κ3) is 13.5. The van der Waals surface area contributed by atoms with E-state index in [0.29, 0.717) is 29.3 Å². The van der Waals surface area contributed by atoms with Crippen molar-refractivity contribution in [3.05, 3.63) is 156 Å². The molecule has 17 heteroatoms. The molecule has 6 rings (SSSR count). The number of hydrogen-bond donors (Lipinski definition) is 1. The maximum absolute atomic E-state index is 12.7. The zero-order valence-electron chi connectivity index (χ0n) is 29.2. The van der Waals surface area contributed by atoms with Crippen molar-refractivity contribution in [3.8, 4) is 0 Å². The van der Waals surface area contributed by atoms with Gasteiger partial charge >= 0.3 is 94.0 Å². The fourth-order valence-electron chi connectivity index (χ4n) is 4.93. The van der Waals surface area contributed by atoms with Gasteiger partial charge in [0.1, 0.15) is 29.1 Å². The summed E-state index contributed by atoms with van der Waals surface area (Å²) in [5.41, 5.74) is 4.29. The maximum atomic E-state index is 12.7. The number of imidazole rings is 2. The van der Waals surface area contributed by atoms with Gasteiger partial charge in [0.25, 0.3) is 11.8 Å². The predicted molar refractivity (Wildman–Crippen MR) is 253 cm³/mol. The van der Waals surface area contributed by atoms with Gasteiger partial charge < -0.3 is 24.0 Å². The Balaban J connectivity index is 0.000000206. The van der Waals surface area contributed by atoms with E-state index in [0.717, 1.165) is 17.1 Å². The van der Waals surface area contributed by atoms with Crippen LogP contribution in [0.4, 0.5) is 11.4 Å². The van der Waals surface area contributed by atoms with E-state index in [-0.39, 0.29) is 11.8 Å². The van der Waals surface area contributed by atoms with Gasteiger partial charge in [-0.2, -0.15) is 0 Å². The van der Waals surface area contributed by atoms with E-state index < -0.39 is 2.97 Å². The summed E-state index contributed by atoms with van der Waals surface area (Å²) in [4.78, 5) is 45.2. The summed E-state index contributed by atoms with van der Waals surface area (Å²) in [6.07, 6.45) is 9.55. The standard InChI is InChI=1S/C18H18N4O2.C18H18N4O.H2I4P2/c1-21(14-9-6-10-19-11-14)18(24)15-12-20-17(22(15)2)16(23)13-7-4-3-5-8-13;1-21(15-9-6-10-19-12-15)18(23)16-13-20-17(22(16)2)11-14-7-4-3-5-8-14;1-6(2,3,4)5/h3-12,16,23H,1-2H3;3-10,12-13H,11H2,1-2H3;5H2. The van der Waals surface area contributed by atoms with Gasteiger partial charge in [0, 0.05) is 47.0 Å². The molecule has 0 aliphatic rings. The first-order valence-corrected chi connectivity index (χ1v) is 30.8. The summed E-state index contributed by atoms with van der Waals surface area (Å²) in [6, 6.07) is 26.6. The van der Waals surface area contributed by atoms with Crippen LogP contribution in [0.15, 0.2) is 122 Å². The minimum absolute atomic E-state index is 0.104. The number of aromatic nitrogens is 6. The van der Waals surface area contributed by atoms with E-state index in [1.807, 2.05) is 72.3 Å². The van der Waals surface area contributed by atoms with Gasteiger partial charge in [-0.3, -0.25) is 19.6 Å². The number of pyridine rings is 2. The number of amides is 2. The SMILES string of the molecule is CN(C(=O)c1cnc(C(O)c2ccccc2)n1C)c1cccnc1.CN(C(=O)c1cnc(Cc2ccccc2)n1C)c1cccnc1.PP(I)(I)(I)I. The molecule has 2 atom stereocenters. The molecule has 0 saturated heterocycles. The van der Waals surface area contributed by atoms with Crippen molar-refractivity contribution in [2.24, 2.45) is 14.1 Å². The van der Waals surface area contributed by atoms with Crippen molar-refractivity contribution < 1.29 is 14.7 Å². The minimum atomic E-state index is -1.25. The van der Waals surface area contributed by atoms with Gasteiger partial charge in [-0.05, 0) is 35.4 Å². The van der Waals surface area contributed by atoms with Crippen molar-refractivity contribution >= 4 is 117 Å². The number of nitrogens with zero attached hydrogens (tertiary/aromatic N) is 8. The summed E-state index contributed by atoms with van der Waals surface area (Å²) in [6.45, 7) is 0. The zero-order valence-corrected chi connectivity index (χ0v) is 39.9. The second kappa shape index (κ2) is 19.6. The van der Waals surface area contributed by atoms with Crippen molar-refractivity contribution in [1.29, 1.82) is 0 Å². The van der Waals surface area contributed by atoms with Gasteiger partial charge in [-0.1, -0.05) is 60.7 Å². The number of benzene rings is 2. The van der Waals surface area contributed by atoms with Crippen LogP contribution in [0, 0.1) is 0 Å². The quantitative estimate of drug-likeness (QED) is 0.119. The second-order valence-corrected chi connectivity index (χ2v) is 86.1. The molecule has 0 aliphatic carbocycles. The van der Waals surface area contributed by atoms with Crippen LogP contribution in [0.25, 0.3) is 0 Å². The van der Waals surface area contributed by atoms with Crippen LogP contribution in [0.1, 0.15) is 49.9 Å². The van der Waals surface area contributed by atoms with E-state index in [9.17, 15) is 14.7 Å². The first-order valence-electron chi connectivity index (χ1n) is 15.8. The van der Waals surface area contributed by atoms with E-state index >= 15 is 0 Å². The fourth-order valence-corrected chi connectivity index (χ4v) is 4.93. The summed E-state index contributed by atoms with van der Waals surface area (Å²) in [7, 11) is 9.86. The first kappa shape index (κ1) is 43.6. The van der Waals surface area contributed by atoms with Gasteiger partial charge in [-0.15, -0.1) is 0 Å². The molecule has 2 unspecified atom stereocenters. The Bertz CT molecular complexity index is 2080. The average molecular weight is 1200 g/mol. The summed E-state index contributed by atoms with van der Waals surface area (Å²) in [5, 5.41) is 10.5. The number of hydrogen-bond acceptors (Lipinski definition) is 7. The molecular formula is C36H38I4N8O3P2. The van der Waals surface area contributed by atoms with Crippen LogP contribution in [0.5, 0.6) is 0 Å². The molecule has 6 aromatic rings. The predicted octanol–water partition coefficient (Wildman–Crippen LogP) is 9.59. The molecule has 0 spiro atoms. The third-order valence-corrected chi connectivity index (χ3v) is 7.79. The molecule has 1 N–H and O–H groups in total. The fraction of sp³-hybridized carbons (Fsp3) is 0.167. The Kier molecular flexibility index (Phi) is 16.1. The summed E-state index contributed by atoms with van der Waals surface area (Å²) >= 11 is 9.86. The molecule has 0 fully saturated rings. The van der Waals surface area contributed by atoms with Crippen LogP contribution in [-0.2, 0) is 20.5 Å². The monoisotopic (exact) mass is 1200 g/mol. The molecule has 2 aromatic carbocycles. The molecular weight excluding hydrogens is 1160 g/mol. The van der Waals surface area contributed by atoms with E-state index in [2.05, 4.69) is 129 Å². The molecule has 0 bridgehead atoms. The van der Waals surface area contributed by atoms with Crippen LogP contribution in [0.2, 0.25) is 0 Å². The molecule has 4 heterocycles. The van der Waals surface area contributed by atoms with Crippen LogP contribution < -0.4 is 9.80 Å². The third-order valence-electron chi connectivity index (χ3n) is 7.79. The number of carbonyl (C=O) groups excluding carboxylic acids is 2. The Morgan fingerprint density at radius 2 is 1.17 bits per heavy atom. The van der Waals surface area contributed by atoms with E-state index in [1.54, 1.807) is 73.7 Å². The Labute approximate surface area is 363 Å². The first-order chi connectivity index (χ1) is 25.0. The number of carbonyl (C=O) groups is 2. The number of halogens is 4. The zero-order chi connectivity index (χ0) is 38.8. The van der Waals surface area contributed by atoms with Gasteiger partial charge in [-0.25, -0.2) is 9.97 Å². The van der Waals surface area contributed by atoms with Crippen molar-refractivity contribution in [1.82, 2.24) is 29.1 Å². The normalized spacial score (nSPS) is 12.2. The van der Waals surface area contributed by atoms with Crippen LogP contribution in [-0.4, -0.2) is 60.1 Å². The Hall–Kier alpha value is -2.16. The number of aliphatic hydroxyl groups is 1. The van der Waals surface area contributed by atoms with Crippen LogP contribution >= 0.6 is 94.0 Å². The molecule has 0 aliphatic heterocycles. The Morgan fingerprint density at radius 3 is 1.64 bits per heavy atom. The number of aliphatic hydroxyl groups excluding tert-OH is 1. The van der Waals surface area contributed by atoms with E-state index in [1.165, 1.54) is 16.7 Å². The molecule has 53 heavy (non-hydrogen) atoms. The Morgan fingerprint density at radius 1 is 0.717 bits per heavy atom. The molecule has 4 aromatic heterocycles. The molecule has 11 nitrogen and oxygen atoms in total. The van der Waals surface area contributed by atoms with Crippen LogP contribution in [0.3, 0.4) is 0 Å². The van der Waals surface area contributed by atoms with Gasteiger partial charge in [0.15, 0.2) is 0 Å².